The molecule has 0 bridgehead atoms. The molecule has 0 saturated carbocycles. The zero-order valence-electron chi connectivity index (χ0n) is 31.6. The summed E-state index contributed by atoms with van der Waals surface area (Å²) in [5.74, 6) is 0. The van der Waals surface area contributed by atoms with E-state index in [9.17, 15) is 0 Å². The normalized spacial score (nSPS) is 11.8. The van der Waals surface area contributed by atoms with E-state index in [0.717, 1.165) is 5.69 Å². The zero-order valence-corrected chi connectivity index (χ0v) is 32.4. The van der Waals surface area contributed by atoms with Gasteiger partial charge in [0.25, 0.3) is 0 Å². The number of rotatable bonds is 5. The number of hydrogen-bond donors (Lipinski definition) is 0. The fraction of sp³-hybridized carbons (Fsp3) is 0. The Morgan fingerprint density at radius 3 is 1.48 bits per heavy atom. The van der Waals surface area contributed by atoms with E-state index < -0.39 is 0 Å². The minimum atomic E-state index is 1.15. The van der Waals surface area contributed by atoms with Crippen molar-refractivity contribution in [2.75, 3.05) is 0 Å². The first kappa shape index (κ1) is 32.9. The molecule has 1 nitrogen and oxygen atoms in total. The number of para-hydroxylation sites is 1. The largest absolute Gasteiger partial charge is 0.309 e. The topological polar surface area (TPSA) is 4.93 Å². The first-order chi connectivity index (χ1) is 28.8. The summed E-state index contributed by atoms with van der Waals surface area (Å²) in [5, 5.41) is 10.2. The molecular weight excluding hydrogens is 719 g/mol. The molecule has 58 heavy (non-hydrogen) atoms. The number of fused-ring (bicyclic) bond motifs is 8. The predicted octanol–water partition coefficient (Wildman–Crippen LogP) is 16.1. The van der Waals surface area contributed by atoms with Crippen molar-refractivity contribution in [3.63, 3.8) is 0 Å². The van der Waals surface area contributed by atoms with E-state index in [-0.39, 0.29) is 0 Å². The van der Waals surface area contributed by atoms with Crippen LogP contribution in [0, 0.1) is 0 Å². The van der Waals surface area contributed by atoms with Crippen LogP contribution in [0.5, 0.6) is 0 Å². The van der Waals surface area contributed by atoms with Crippen molar-refractivity contribution in [3.8, 4) is 50.2 Å². The number of hydrogen-bond acceptors (Lipinski definition) is 1. The molecule has 0 spiro atoms. The van der Waals surface area contributed by atoms with Crippen molar-refractivity contribution < 1.29 is 0 Å². The SMILES string of the molecule is c1ccc(-c2c3ccccc3c(-c3ccc(-n4c5ccccc5c5cc(-c6ccc(-c7cccc8c7sc7ccccc78)cc6)ccc54)cc3)c3ccccc23)cc1. The highest BCUT2D eigenvalue weighted by molar-refractivity contribution is 7.26. The maximum absolute atomic E-state index is 2.42. The molecule has 12 aromatic rings. The van der Waals surface area contributed by atoms with Crippen molar-refractivity contribution in [2.24, 2.45) is 0 Å². The standard InChI is InChI=1S/C56H35NS/c1-2-13-38(14-3-1)54-45-17-4-6-19-47(45)55(48-20-7-5-18-46(48)54)39-29-32-41(33-30-39)57-51-23-10-8-15-43(51)50-35-40(31-34-52(50)57)36-25-27-37(28-26-36)42-21-12-22-49-44-16-9-11-24-53(44)58-56(42)49/h1-35H. The molecule has 0 unspecified atom stereocenters. The summed E-state index contributed by atoms with van der Waals surface area (Å²) in [6, 6.07) is 78.1. The van der Waals surface area contributed by atoms with Crippen LogP contribution in [-0.2, 0) is 0 Å². The summed E-state index contributed by atoms with van der Waals surface area (Å²) in [4.78, 5) is 0. The first-order valence-electron chi connectivity index (χ1n) is 19.9. The summed E-state index contributed by atoms with van der Waals surface area (Å²) >= 11 is 1.88. The fourth-order valence-corrected chi connectivity index (χ4v) is 10.6. The molecule has 0 N–H and O–H groups in total. The molecule has 0 aliphatic heterocycles. The van der Waals surface area contributed by atoms with Gasteiger partial charge in [-0.2, -0.15) is 0 Å². The molecule has 0 radical (unpaired) electrons. The molecule has 2 heterocycles. The van der Waals surface area contributed by atoms with E-state index >= 15 is 0 Å². The third-order valence-electron chi connectivity index (χ3n) is 12.0. The Kier molecular flexibility index (Phi) is 7.47. The molecule has 0 amide bonds. The van der Waals surface area contributed by atoms with Gasteiger partial charge < -0.3 is 4.57 Å². The highest BCUT2D eigenvalue weighted by atomic mass is 32.1. The molecule has 0 saturated heterocycles. The van der Waals surface area contributed by atoms with Gasteiger partial charge in [-0.1, -0.05) is 176 Å². The van der Waals surface area contributed by atoms with Crippen LogP contribution in [0.3, 0.4) is 0 Å². The Hall–Kier alpha value is -7.26. The smallest absolute Gasteiger partial charge is 0.0541 e. The van der Waals surface area contributed by atoms with Crippen LogP contribution in [0.25, 0.3) is 114 Å². The maximum Gasteiger partial charge on any atom is 0.0541 e. The number of thiophene rings is 1. The second-order valence-electron chi connectivity index (χ2n) is 15.2. The summed E-state index contributed by atoms with van der Waals surface area (Å²) in [6.07, 6.45) is 0. The third-order valence-corrected chi connectivity index (χ3v) is 13.2. The van der Waals surface area contributed by atoms with E-state index in [1.807, 2.05) is 11.3 Å². The zero-order chi connectivity index (χ0) is 38.2. The van der Waals surface area contributed by atoms with Crippen LogP contribution in [0.2, 0.25) is 0 Å². The first-order valence-corrected chi connectivity index (χ1v) is 20.7. The summed E-state index contributed by atoms with van der Waals surface area (Å²) in [6.45, 7) is 0. The van der Waals surface area contributed by atoms with Gasteiger partial charge in [-0.3, -0.25) is 0 Å². The summed E-state index contributed by atoms with van der Waals surface area (Å²) < 4.78 is 5.10. The molecular formula is C56H35NS. The number of nitrogens with zero attached hydrogens (tertiary/aromatic N) is 1. The van der Waals surface area contributed by atoms with Gasteiger partial charge in [0.15, 0.2) is 0 Å². The highest BCUT2D eigenvalue weighted by Gasteiger charge is 2.18. The lowest BCUT2D eigenvalue weighted by Crippen LogP contribution is -1.94. The number of benzene rings is 10. The van der Waals surface area contributed by atoms with Crippen LogP contribution in [0.1, 0.15) is 0 Å². The van der Waals surface area contributed by atoms with Crippen molar-refractivity contribution in [3.05, 3.63) is 212 Å². The third kappa shape index (κ3) is 5.09. The average molecular weight is 754 g/mol. The Morgan fingerprint density at radius 1 is 0.293 bits per heavy atom. The summed E-state index contributed by atoms with van der Waals surface area (Å²) in [5.41, 5.74) is 13.5. The Labute approximate surface area is 340 Å². The Bertz CT molecular complexity index is 3480. The van der Waals surface area contributed by atoms with Crippen molar-refractivity contribution in [2.45, 2.75) is 0 Å². The van der Waals surface area contributed by atoms with Gasteiger partial charge in [0.05, 0.1) is 11.0 Å². The quantitative estimate of drug-likeness (QED) is 0.154. The minimum absolute atomic E-state index is 1.15. The molecule has 0 fully saturated rings. The lowest BCUT2D eigenvalue weighted by atomic mass is 9.86. The molecule has 270 valence electrons. The number of aromatic nitrogens is 1. The van der Waals surface area contributed by atoms with Gasteiger partial charge in [0.2, 0.25) is 0 Å². The van der Waals surface area contributed by atoms with Crippen LogP contribution < -0.4 is 0 Å². The average Bonchev–Trinajstić information content (AvgIpc) is 3.84. The predicted molar refractivity (Wildman–Crippen MR) is 250 cm³/mol. The molecule has 2 aromatic heterocycles. The van der Waals surface area contributed by atoms with Crippen molar-refractivity contribution in [1.82, 2.24) is 4.57 Å². The Balaban J connectivity index is 0.946. The van der Waals surface area contributed by atoms with Gasteiger partial charge in [-0.05, 0) is 102 Å². The van der Waals surface area contributed by atoms with Crippen molar-refractivity contribution in [1.29, 1.82) is 0 Å². The van der Waals surface area contributed by atoms with E-state index in [4.69, 9.17) is 0 Å². The molecule has 2 heteroatoms. The monoisotopic (exact) mass is 753 g/mol. The lowest BCUT2D eigenvalue weighted by Gasteiger charge is -2.18. The maximum atomic E-state index is 2.42. The van der Waals surface area contributed by atoms with Crippen LogP contribution in [-0.4, -0.2) is 4.57 Å². The molecule has 12 rings (SSSR count). The summed E-state index contributed by atoms with van der Waals surface area (Å²) in [7, 11) is 0. The van der Waals surface area contributed by atoms with E-state index in [2.05, 4.69) is 217 Å². The van der Waals surface area contributed by atoms with Gasteiger partial charge >= 0.3 is 0 Å². The molecule has 0 aliphatic rings. The van der Waals surface area contributed by atoms with Crippen molar-refractivity contribution >= 4 is 74.9 Å². The molecule has 0 aliphatic carbocycles. The van der Waals surface area contributed by atoms with Crippen LogP contribution in [0.4, 0.5) is 0 Å². The molecule has 10 aromatic carbocycles. The van der Waals surface area contributed by atoms with E-state index in [1.165, 1.54) is 108 Å². The van der Waals surface area contributed by atoms with Crippen LogP contribution >= 0.6 is 11.3 Å². The van der Waals surface area contributed by atoms with E-state index in [1.54, 1.807) is 0 Å². The van der Waals surface area contributed by atoms with E-state index in [0.29, 0.717) is 0 Å². The Morgan fingerprint density at radius 2 is 0.793 bits per heavy atom. The van der Waals surface area contributed by atoms with Gasteiger partial charge in [0, 0.05) is 36.6 Å². The second kappa shape index (κ2) is 13.2. The highest BCUT2D eigenvalue weighted by Crippen LogP contribution is 2.45. The van der Waals surface area contributed by atoms with Crippen LogP contribution in [0.15, 0.2) is 212 Å². The fourth-order valence-electron chi connectivity index (χ4n) is 9.38. The van der Waals surface area contributed by atoms with Gasteiger partial charge in [-0.15, -0.1) is 11.3 Å². The van der Waals surface area contributed by atoms with Gasteiger partial charge in [0.1, 0.15) is 0 Å². The minimum Gasteiger partial charge on any atom is -0.309 e. The lowest BCUT2D eigenvalue weighted by molar-refractivity contribution is 1.18. The van der Waals surface area contributed by atoms with Gasteiger partial charge in [-0.25, -0.2) is 0 Å². The molecule has 0 atom stereocenters. The second-order valence-corrected chi connectivity index (χ2v) is 16.2.